The zero-order valence-corrected chi connectivity index (χ0v) is 10.1. The average Bonchev–Trinajstić information content (AvgIpc) is 2.94. The number of rotatable bonds is 3. The fourth-order valence-electron chi connectivity index (χ4n) is 2.90. The Balaban J connectivity index is 1.75. The number of oxime groups is 1. The molecular formula is C11H18N4O3. The first-order chi connectivity index (χ1) is 8.67. The van der Waals surface area contributed by atoms with Gasteiger partial charge in [-0.05, 0) is 12.8 Å². The third kappa shape index (κ3) is 1.65. The van der Waals surface area contributed by atoms with Crippen LogP contribution in [0.25, 0.3) is 0 Å². The molecule has 4 N–H and O–H groups in total. The summed E-state index contributed by atoms with van der Waals surface area (Å²) in [7, 11) is 0. The topological polar surface area (TPSA) is 100 Å². The van der Waals surface area contributed by atoms with Crippen molar-refractivity contribution < 1.29 is 14.7 Å². The van der Waals surface area contributed by atoms with Gasteiger partial charge in [-0.15, -0.1) is 0 Å². The summed E-state index contributed by atoms with van der Waals surface area (Å²) in [6.07, 6.45) is 2.34. The summed E-state index contributed by atoms with van der Waals surface area (Å²) in [4.78, 5) is 18.9. The number of fused-ring (bicyclic) bond motifs is 2. The van der Waals surface area contributed by atoms with Gasteiger partial charge >= 0.3 is 6.03 Å². The number of aliphatic hydroxyl groups excluding tert-OH is 1. The number of amides is 2. The Morgan fingerprint density at radius 1 is 1.61 bits per heavy atom. The number of hydrogen-bond donors (Lipinski definition) is 3. The Kier molecular flexibility index (Phi) is 2.67. The van der Waals surface area contributed by atoms with Gasteiger partial charge in [0.05, 0.1) is 18.4 Å². The van der Waals surface area contributed by atoms with Gasteiger partial charge in [0.15, 0.2) is 5.60 Å². The van der Waals surface area contributed by atoms with Gasteiger partial charge in [-0.2, -0.15) is 0 Å². The molecule has 1 unspecified atom stereocenters. The molecule has 0 aromatic rings. The van der Waals surface area contributed by atoms with Crippen molar-refractivity contribution in [1.82, 2.24) is 10.2 Å². The minimum atomic E-state index is -0.789. The van der Waals surface area contributed by atoms with E-state index in [1.165, 1.54) is 0 Å². The Morgan fingerprint density at radius 3 is 3.11 bits per heavy atom. The van der Waals surface area contributed by atoms with Gasteiger partial charge < -0.3 is 25.9 Å². The van der Waals surface area contributed by atoms with Crippen molar-refractivity contribution in [2.24, 2.45) is 10.9 Å². The van der Waals surface area contributed by atoms with Crippen molar-refractivity contribution in [2.75, 3.05) is 19.7 Å². The van der Waals surface area contributed by atoms with Gasteiger partial charge in [0, 0.05) is 25.6 Å². The SMILES string of the molecule is NCC1(CO)CC([C@@H]2CC[C@@H]3CN2C(=O)N3)=NO1. The highest BCUT2D eigenvalue weighted by Crippen LogP contribution is 2.31. The number of carbonyl (C=O) groups excluding carboxylic acids is 1. The number of piperidine rings is 1. The molecule has 0 saturated carbocycles. The maximum Gasteiger partial charge on any atom is 0.318 e. The minimum Gasteiger partial charge on any atom is -0.392 e. The quantitative estimate of drug-likeness (QED) is 0.602. The molecule has 3 rings (SSSR count). The monoisotopic (exact) mass is 254 g/mol. The van der Waals surface area contributed by atoms with Crippen LogP contribution < -0.4 is 11.1 Å². The first kappa shape index (κ1) is 11.7. The van der Waals surface area contributed by atoms with Crippen LogP contribution in [-0.4, -0.2) is 59.1 Å². The zero-order valence-electron chi connectivity index (χ0n) is 10.1. The van der Waals surface area contributed by atoms with E-state index in [0.717, 1.165) is 25.1 Å². The van der Waals surface area contributed by atoms with E-state index in [0.29, 0.717) is 6.42 Å². The highest BCUT2D eigenvalue weighted by molar-refractivity contribution is 5.95. The Hall–Kier alpha value is -1.34. The van der Waals surface area contributed by atoms with Crippen molar-refractivity contribution >= 4 is 11.7 Å². The van der Waals surface area contributed by atoms with E-state index in [1.807, 2.05) is 0 Å². The van der Waals surface area contributed by atoms with Crippen LogP contribution >= 0.6 is 0 Å². The van der Waals surface area contributed by atoms with Gasteiger partial charge in [0.2, 0.25) is 0 Å². The molecule has 7 nitrogen and oxygen atoms in total. The summed E-state index contributed by atoms with van der Waals surface area (Å²) in [6, 6.07) is 0.233. The van der Waals surface area contributed by atoms with Crippen molar-refractivity contribution in [3.05, 3.63) is 0 Å². The third-order valence-corrected chi connectivity index (χ3v) is 4.07. The van der Waals surface area contributed by atoms with E-state index in [2.05, 4.69) is 10.5 Å². The fraction of sp³-hybridized carbons (Fsp3) is 0.818. The molecule has 2 bridgehead atoms. The molecule has 100 valence electrons. The first-order valence-corrected chi connectivity index (χ1v) is 6.30. The van der Waals surface area contributed by atoms with Gasteiger partial charge in [-0.25, -0.2) is 4.79 Å². The third-order valence-electron chi connectivity index (χ3n) is 4.07. The maximum absolute atomic E-state index is 11.8. The molecule has 0 radical (unpaired) electrons. The van der Waals surface area contributed by atoms with E-state index in [9.17, 15) is 9.90 Å². The molecule has 7 heteroatoms. The van der Waals surface area contributed by atoms with Gasteiger partial charge in [-0.3, -0.25) is 0 Å². The molecule has 2 fully saturated rings. The molecule has 2 amide bonds. The summed E-state index contributed by atoms with van der Waals surface area (Å²) in [6.45, 7) is 0.799. The number of hydrogen-bond acceptors (Lipinski definition) is 5. The normalized spacial score (nSPS) is 38.4. The number of carbonyl (C=O) groups is 1. The van der Waals surface area contributed by atoms with E-state index < -0.39 is 5.60 Å². The minimum absolute atomic E-state index is 0.0104. The van der Waals surface area contributed by atoms with Crippen molar-refractivity contribution in [3.8, 4) is 0 Å². The number of aliphatic hydroxyl groups is 1. The van der Waals surface area contributed by atoms with Crippen LogP contribution in [0.15, 0.2) is 5.16 Å². The maximum atomic E-state index is 11.8. The largest absolute Gasteiger partial charge is 0.392 e. The van der Waals surface area contributed by atoms with Crippen LogP contribution in [0.2, 0.25) is 0 Å². The van der Waals surface area contributed by atoms with E-state index in [1.54, 1.807) is 4.90 Å². The summed E-state index contributed by atoms with van der Waals surface area (Å²) in [5.74, 6) is 0. The Labute approximate surface area is 105 Å². The number of nitrogens with two attached hydrogens (primary N) is 1. The summed E-state index contributed by atoms with van der Waals surface area (Å²) in [5, 5.41) is 16.3. The molecular weight excluding hydrogens is 236 g/mol. The highest BCUT2D eigenvalue weighted by Gasteiger charge is 2.46. The lowest BCUT2D eigenvalue weighted by Gasteiger charge is -2.30. The lowest BCUT2D eigenvalue weighted by molar-refractivity contribution is -0.0497. The molecule has 0 aromatic heterocycles. The van der Waals surface area contributed by atoms with E-state index >= 15 is 0 Å². The van der Waals surface area contributed by atoms with Crippen molar-refractivity contribution in [3.63, 3.8) is 0 Å². The van der Waals surface area contributed by atoms with Crippen LogP contribution in [0.5, 0.6) is 0 Å². The molecule has 3 heterocycles. The second-order valence-electron chi connectivity index (χ2n) is 5.29. The van der Waals surface area contributed by atoms with Gasteiger partial charge in [-0.1, -0.05) is 5.16 Å². The first-order valence-electron chi connectivity index (χ1n) is 6.30. The van der Waals surface area contributed by atoms with E-state index in [4.69, 9.17) is 10.6 Å². The predicted molar refractivity (Wildman–Crippen MR) is 64.1 cm³/mol. The lowest BCUT2D eigenvalue weighted by Crippen LogP contribution is -2.47. The van der Waals surface area contributed by atoms with Crippen molar-refractivity contribution in [1.29, 1.82) is 0 Å². The molecule has 3 aliphatic rings. The molecule has 18 heavy (non-hydrogen) atoms. The lowest BCUT2D eigenvalue weighted by atomic mass is 9.90. The standard InChI is InChI=1S/C11H18N4O3/c12-5-11(6-16)3-8(14-18-11)9-2-1-7-4-15(9)10(17)13-7/h7,9,16H,1-6,12H2,(H,13,17)/t7-,9+,11?/m1/s1. The van der Waals surface area contributed by atoms with Crippen LogP contribution in [0.3, 0.4) is 0 Å². The molecule has 0 spiro atoms. The molecule has 0 aliphatic carbocycles. The van der Waals surface area contributed by atoms with Gasteiger partial charge in [0.25, 0.3) is 0 Å². The van der Waals surface area contributed by atoms with E-state index in [-0.39, 0.29) is 31.3 Å². The van der Waals surface area contributed by atoms with Gasteiger partial charge in [0.1, 0.15) is 0 Å². The Bertz CT molecular complexity index is 394. The number of nitrogens with zero attached hydrogens (tertiary/aromatic N) is 2. The number of nitrogens with one attached hydrogen (secondary N) is 1. The number of urea groups is 1. The summed E-state index contributed by atoms with van der Waals surface area (Å²) < 4.78 is 0. The highest BCUT2D eigenvalue weighted by atomic mass is 16.7. The van der Waals surface area contributed by atoms with Crippen LogP contribution in [0, 0.1) is 0 Å². The second kappa shape index (κ2) is 4.10. The second-order valence-corrected chi connectivity index (χ2v) is 5.29. The zero-order chi connectivity index (χ0) is 12.8. The predicted octanol–water partition coefficient (Wildman–Crippen LogP) is -0.991. The van der Waals surface area contributed by atoms with Crippen molar-refractivity contribution in [2.45, 2.75) is 36.9 Å². The molecule has 3 aliphatic heterocycles. The molecule has 2 saturated heterocycles. The van der Waals surface area contributed by atoms with Crippen LogP contribution in [0.1, 0.15) is 19.3 Å². The molecule has 0 aromatic carbocycles. The van der Waals surface area contributed by atoms with Crippen LogP contribution in [0.4, 0.5) is 4.79 Å². The average molecular weight is 254 g/mol. The summed E-state index contributed by atoms with van der Waals surface area (Å²) in [5.41, 5.74) is 5.66. The molecule has 3 atom stereocenters. The fourth-order valence-corrected chi connectivity index (χ4v) is 2.90. The summed E-state index contributed by atoms with van der Waals surface area (Å²) >= 11 is 0. The smallest absolute Gasteiger partial charge is 0.318 e. The Morgan fingerprint density at radius 2 is 2.44 bits per heavy atom. The van der Waals surface area contributed by atoms with Crippen LogP contribution in [-0.2, 0) is 4.84 Å².